The molecule has 3 nitrogen and oxygen atoms in total. The topological polar surface area (TPSA) is 57.5 Å². The van der Waals surface area contributed by atoms with Crippen molar-refractivity contribution >= 4 is 55.3 Å². The Balaban J connectivity index is -0.0000000267. The molecule has 0 saturated carbocycles. The SMILES string of the molecule is O=P(O)(O)S.[AlH3].[LiH].[Ti]. The van der Waals surface area contributed by atoms with Gasteiger partial charge in [0, 0.05) is 21.7 Å². The third-order valence-electron chi connectivity index (χ3n) is 0. The molecule has 0 fully saturated rings. The van der Waals surface area contributed by atoms with Gasteiger partial charge in [-0.3, -0.25) is 0 Å². The maximum atomic E-state index is 9.19. The van der Waals surface area contributed by atoms with Crippen molar-refractivity contribution in [3.8, 4) is 0 Å². The van der Waals surface area contributed by atoms with E-state index in [4.69, 9.17) is 9.79 Å². The molecule has 8 heteroatoms. The van der Waals surface area contributed by atoms with E-state index < -0.39 is 6.80 Å². The largest absolute Gasteiger partial charge is 0 e. The van der Waals surface area contributed by atoms with Crippen LogP contribution in [0.1, 0.15) is 0 Å². The summed E-state index contributed by atoms with van der Waals surface area (Å²) in [7, 11) is 0. The van der Waals surface area contributed by atoms with Crippen LogP contribution in [0.4, 0.5) is 0 Å². The first-order valence-electron chi connectivity index (χ1n) is 0.783. The minimum Gasteiger partial charge on any atom is 0 e. The van der Waals surface area contributed by atoms with E-state index in [0.29, 0.717) is 0 Å². The minimum absolute atomic E-state index is 0. The molecule has 0 aromatic carbocycles. The summed E-state index contributed by atoms with van der Waals surface area (Å²) < 4.78 is 9.19. The quantitative estimate of drug-likeness (QED) is 0.245. The van der Waals surface area contributed by atoms with Crippen LogP contribution in [-0.2, 0) is 26.3 Å². The van der Waals surface area contributed by atoms with E-state index in [-0.39, 0.29) is 57.9 Å². The summed E-state index contributed by atoms with van der Waals surface area (Å²) in [6.45, 7) is -3.94. The molecule has 0 aromatic rings. The van der Waals surface area contributed by atoms with E-state index >= 15 is 0 Å². The van der Waals surface area contributed by atoms with Crippen molar-refractivity contribution in [2.75, 3.05) is 0 Å². The number of hydrogen-bond acceptors (Lipinski definition) is 1. The van der Waals surface area contributed by atoms with Crippen molar-refractivity contribution in [3.63, 3.8) is 0 Å². The average Bonchev–Trinajstić information content (AvgIpc) is 0.722. The molecule has 0 heterocycles. The fourth-order valence-corrected chi connectivity index (χ4v) is 0. The van der Waals surface area contributed by atoms with Crippen LogP contribution in [0.2, 0.25) is 0 Å². The molecule has 0 unspecified atom stereocenters. The van der Waals surface area contributed by atoms with E-state index in [1.54, 1.807) is 0 Å². The van der Waals surface area contributed by atoms with Crippen LogP contribution in [0, 0.1) is 0 Å². The normalized spacial score (nSPS) is 7.38. The fraction of sp³-hybridized carbons (Fsp3) is 0. The van der Waals surface area contributed by atoms with Gasteiger partial charge in [-0.2, -0.15) is 0 Å². The Kier molecular flexibility index (Phi) is 26.2. The van der Waals surface area contributed by atoms with E-state index in [0.717, 1.165) is 0 Å². The van der Waals surface area contributed by atoms with Gasteiger partial charge in [-0.05, 0) is 0 Å². The van der Waals surface area contributed by atoms with Crippen LogP contribution in [-0.4, -0.2) is 46.0 Å². The third kappa shape index (κ3) is 81.9. The summed E-state index contributed by atoms with van der Waals surface area (Å²) in [5, 5.41) is 0. The number of thiol groups is 1. The molecule has 0 aliphatic heterocycles. The van der Waals surface area contributed by atoms with Crippen molar-refractivity contribution in [1.29, 1.82) is 0 Å². The zero-order valence-electron chi connectivity index (χ0n) is 2.70. The van der Waals surface area contributed by atoms with Crippen LogP contribution < -0.4 is 0 Å². The van der Waals surface area contributed by atoms with Gasteiger partial charge < -0.3 is 9.79 Å². The van der Waals surface area contributed by atoms with Crippen molar-refractivity contribution in [3.05, 3.63) is 0 Å². The summed E-state index contributed by atoms with van der Waals surface area (Å²) in [4.78, 5) is 15.0. The van der Waals surface area contributed by atoms with Gasteiger partial charge in [0.15, 0.2) is 17.4 Å². The van der Waals surface area contributed by atoms with Crippen LogP contribution in [0.15, 0.2) is 0 Å². The molecule has 0 saturated heterocycles. The van der Waals surface area contributed by atoms with Gasteiger partial charge in [0.2, 0.25) is 0 Å². The molecule has 0 aliphatic rings. The van der Waals surface area contributed by atoms with Gasteiger partial charge in [-0.1, -0.05) is 12.2 Å². The van der Waals surface area contributed by atoms with Crippen molar-refractivity contribution in [2.24, 2.45) is 0 Å². The molecule has 0 aromatic heterocycles. The smallest absolute Gasteiger partial charge is 0 e. The van der Waals surface area contributed by atoms with Gasteiger partial charge in [0.05, 0.1) is 0 Å². The Bertz CT molecular complexity index is 65.4. The minimum atomic E-state index is -3.94. The predicted octanol–water partition coefficient (Wildman–Crippen LogP) is -1.83. The summed E-state index contributed by atoms with van der Waals surface area (Å²) >= 11 is 2.79. The van der Waals surface area contributed by atoms with Crippen LogP contribution >= 0.6 is 19.0 Å². The zero-order chi connectivity index (χ0) is 4.50. The summed E-state index contributed by atoms with van der Waals surface area (Å²) in [5.41, 5.74) is 0. The van der Waals surface area contributed by atoms with Crippen LogP contribution in [0.5, 0.6) is 0 Å². The van der Waals surface area contributed by atoms with Gasteiger partial charge in [0.25, 0.3) is 0 Å². The number of rotatable bonds is 0. The number of hydrogen-bond donors (Lipinski definition) is 3. The summed E-state index contributed by atoms with van der Waals surface area (Å²) in [6.07, 6.45) is 0. The predicted molar refractivity (Wildman–Crippen MR) is 38.1 cm³/mol. The molecule has 0 aliphatic carbocycles. The van der Waals surface area contributed by atoms with E-state index in [1.165, 1.54) is 0 Å². The van der Waals surface area contributed by atoms with Crippen molar-refractivity contribution in [1.82, 2.24) is 0 Å². The Morgan fingerprint density at radius 1 is 1.38 bits per heavy atom. The molecule has 44 valence electrons. The molecule has 8 heavy (non-hydrogen) atoms. The first-order chi connectivity index (χ1) is 2.00. The molecular formula is H7AlLiO3PSTi. The van der Waals surface area contributed by atoms with Gasteiger partial charge >= 0.3 is 25.7 Å². The molecular weight excluding hydrogens is 193 g/mol. The molecule has 0 rings (SSSR count). The second kappa shape index (κ2) is 9.34. The van der Waals surface area contributed by atoms with Crippen molar-refractivity contribution in [2.45, 2.75) is 0 Å². The first kappa shape index (κ1) is 22.4. The Labute approximate surface area is 90.5 Å². The van der Waals surface area contributed by atoms with E-state index in [2.05, 4.69) is 12.2 Å². The molecule has 2 N–H and O–H groups in total. The second-order valence-corrected chi connectivity index (χ2v) is 3.10. The Morgan fingerprint density at radius 3 is 1.38 bits per heavy atom. The second-order valence-electron chi connectivity index (χ2n) is 0.513. The Morgan fingerprint density at radius 2 is 1.38 bits per heavy atom. The maximum Gasteiger partial charge on any atom is 0 e. The van der Waals surface area contributed by atoms with Gasteiger partial charge in [-0.15, -0.1) is 0 Å². The van der Waals surface area contributed by atoms with Crippen LogP contribution in [0.3, 0.4) is 0 Å². The van der Waals surface area contributed by atoms with Crippen molar-refractivity contribution < 1.29 is 36.1 Å². The molecule has 0 amide bonds. The summed E-state index contributed by atoms with van der Waals surface area (Å²) in [5.74, 6) is 0. The first-order valence-corrected chi connectivity index (χ1v) is 3.55. The molecule has 0 spiro atoms. The Hall–Kier alpha value is 2.34. The molecule has 0 radical (unpaired) electrons. The monoisotopic (exact) mass is 200 g/mol. The fourth-order valence-electron chi connectivity index (χ4n) is 0. The van der Waals surface area contributed by atoms with Crippen LogP contribution in [0.25, 0.3) is 0 Å². The molecule has 0 atom stereocenters. The standard InChI is InChI=1S/Al.Li.H3O3PS.Ti.4H/c;;1-4(2,3)5;;;;;/h;;(H3,1,2,3,5);;;;;. The van der Waals surface area contributed by atoms with Gasteiger partial charge in [0.1, 0.15) is 0 Å². The average molecular weight is 200 g/mol. The maximum absolute atomic E-state index is 9.19. The summed E-state index contributed by atoms with van der Waals surface area (Å²) in [6, 6.07) is 0. The van der Waals surface area contributed by atoms with Gasteiger partial charge in [-0.25, -0.2) is 4.57 Å². The third-order valence-corrected chi connectivity index (χ3v) is 0. The van der Waals surface area contributed by atoms with E-state index in [9.17, 15) is 4.57 Å². The zero-order valence-corrected chi connectivity index (χ0v) is 6.05. The molecule has 0 bridgehead atoms. The van der Waals surface area contributed by atoms with E-state index in [1.807, 2.05) is 0 Å².